The Balaban J connectivity index is 1.38. The minimum Gasteiger partial charge on any atom is -0.339 e. The summed E-state index contributed by atoms with van der Waals surface area (Å²) in [6.07, 6.45) is 1.63. The highest BCUT2D eigenvalue weighted by Crippen LogP contribution is 2.31. The lowest BCUT2D eigenvalue weighted by molar-refractivity contribution is -0.116. The van der Waals surface area contributed by atoms with E-state index >= 15 is 0 Å². The molecule has 0 aliphatic heterocycles. The summed E-state index contributed by atoms with van der Waals surface area (Å²) in [5.74, 6) is 1.47. The standard InChI is InChI=1S/C20H20N4O2S/c1-12(2)19-22-17(26-24-19)9-5-8-16(25)21-20-23-18-14-7-4-3-6-13(14)10-11-15(18)27-20/h3-4,6-7,10-12H,5,8-9H2,1-2H3,(H,21,23,25). The number of anilines is 1. The van der Waals surface area contributed by atoms with Crippen LogP contribution in [0.3, 0.4) is 0 Å². The fraction of sp³-hybridized carbons (Fsp3) is 0.300. The third-order valence-electron chi connectivity index (χ3n) is 4.32. The molecule has 0 fully saturated rings. The SMILES string of the molecule is CC(C)c1noc(CCCC(=O)Nc2nc3c(ccc4ccccc43)s2)n1. The number of aryl methyl sites for hydroxylation is 1. The van der Waals surface area contributed by atoms with Crippen molar-refractivity contribution < 1.29 is 9.32 Å². The zero-order chi connectivity index (χ0) is 18.8. The molecule has 0 saturated carbocycles. The minimum absolute atomic E-state index is 0.0537. The zero-order valence-electron chi connectivity index (χ0n) is 15.2. The topological polar surface area (TPSA) is 80.9 Å². The molecule has 2 heterocycles. The second kappa shape index (κ2) is 7.44. The van der Waals surface area contributed by atoms with Gasteiger partial charge < -0.3 is 9.84 Å². The van der Waals surface area contributed by atoms with Gasteiger partial charge in [-0.1, -0.05) is 60.7 Å². The van der Waals surface area contributed by atoms with Gasteiger partial charge in [0.15, 0.2) is 11.0 Å². The number of amides is 1. The molecule has 0 saturated heterocycles. The number of carbonyl (C=O) groups is 1. The summed E-state index contributed by atoms with van der Waals surface area (Å²) in [6, 6.07) is 12.3. The fourth-order valence-electron chi connectivity index (χ4n) is 2.90. The van der Waals surface area contributed by atoms with E-state index in [9.17, 15) is 4.79 Å². The first-order chi connectivity index (χ1) is 13.1. The maximum absolute atomic E-state index is 12.2. The van der Waals surface area contributed by atoms with Crippen LogP contribution in [0.1, 0.15) is 44.3 Å². The number of rotatable bonds is 6. The Morgan fingerprint density at radius 1 is 1.19 bits per heavy atom. The Morgan fingerprint density at radius 3 is 2.85 bits per heavy atom. The second-order valence-corrected chi connectivity index (χ2v) is 7.79. The Bertz CT molecular complexity index is 1100. The largest absolute Gasteiger partial charge is 0.339 e. The molecular formula is C20H20N4O2S. The van der Waals surface area contributed by atoms with Crippen LogP contribution in [0.4, 0.5) is 5.13 Å². The number of hydrogen-bond donors (Lipinski definition) is 1. The van der Waals surface area contributed by atoms with Crippen LogP contribution in [-0.4, -0.2) is 21.0 Å². The van der Waals surface area contributed by atoms with Crippen molar-refractivity contribution in [3.05, 3.63) is 48.1 Å². The average Bonchev–Trinajstić information content (AvgIpc) is 3.28. The van der Waals surface area contributed by atoms with E-state index in [1.165, 1.54) is 11.3 Å². The van der Waals surface area contributed by atoms with Crippen LogP contribution < -0.4 is 5.32 Å². The van der Waals surface area contributed by atoms with Crippen molar-refractivity contribution in [3.8, 4) is 0 Å². The van der Waals surface area contributed by atoms with Gasteiger partial charge in [-0.25, -0.2) is 4.98 Å². The predicted molar refractivity (Wildman–Crippen MR) is 107 cm³/mol. The van der Waals surface area contributed by atoms with E-state index in [1.54, 1.807) is 0 Å². The molecule has 7 heteroatoms. The number of nitrogens with zero attached hydrogens (tertiary/aromatic N) is 3. The van der Waals surface area contributed by atoms with Gasteiger partial charge in [-0.3, -0.25) is 4.79 Å². The van der Waals surface area contributed by atoms with Gasteiger partial charge in [0.2, 0.25) is 11.8 Å². The maximum Gasteiger partial charge on any atom is 0.226 e. The maximum atomic E-state index is 12.2. The molecule has 0 aliphatic rings. The number of thiazole rings is 1. The lowest BCUT2D eigenvalue weighted by Crippen LogP contribution is -2.11. The van der Waals surface area contributed by atoms with E-state index in [2.05, 4.69) is 38.6 Å². The third kappa shape index (κ3) is 3.83. The van der Waals surface area contributed by atoms with Crippen molar-refractivity contribution in [2.24, 2.45) is 0 Å². The number of nitrogens with one attached hydrogen (secondary N) is 1. The Kier molecular flexibility index (Phi) is 4.85. The average molecular weight is 380 g/mol. The van der Waals surface area contributed by atoms with Crippen LogP contribution in [0.25, 0.3) is 21.0 Å². The number of benzene rings is 2. The molecule has 1 N–H and O–H groups in total. The van der Waals surface area contributed by atoms with E-state index < -0.39 is 0 Å². The van der Waals surface area contributed by atoms with Gasteiger partial charge in [-0.05, 0) is 17.9 Å². The lowest BCUT2D eigenvalue weighted by atomic mass is 10.1. The van der Waals surface area contributed by atoms with Crippen molar-refractivity contribution >= 4 is 43.4 Å². The van der Waals surface area contributed by atoms with Gasteiger partial charge in [0, 0.05) is 24.1 Å². The molecule has 138 valence electrons. The van der Waals surface area contributed by atoms with Crippen LogP contribution in [-0.2, 0) is 11.2 Å². The van der Waals surface area contributed by atoms with Gasteiger partial charge in [0.05, 0.1) is 10.2 Å². The smallest absolute Gasteiger partial charge is 0.226 e. The lowest BCUT2D eigenvalue weighted by Gasteiger charge is -2.00. The first kappa shape index (κ1) is 17.6. The molecule has 6 nitrogen and oxygen atoms in total. The summed E-state index contributed by atoms with van der Waals surface area (Å²) in [4.78, 5) is 21.2. The highest BCUT2D eigenvalue weighted by atomic mass is 32.1. The van der Waals surface area contributed by atoms with Gasteiger partial charge in [-0.2, -0.15) is 4.98 Å². The Hall–Kier alpha value is -2.80. The van der Waals surface area contributed by atoms with Crippen LogP contribution >= 0.6 is 11.3 Å². The van der Waals surface area contributed by atoms with Crippen molar-refractivity contribution in [3.63, 3.8) is 0 Å². The van der Waals surface area contributed by atoms with Crippen LogP contribution in [0.5, 0.6) is 0 Å². The highest BCUT2D eigenvalue weighted by molar-refractivity contribution is 7.22. The fourth-order valence-corrected chi connectivity index (χ4v) is 3.80. The molecule has 0 bridgehead atoms. The number of fused-ring (bicyclic) bond motifs is 3. The van der Waals surface area contributed by atoms with Gasteiger partial charge in [-0.15, -0.1) is 0 Å². The quantitative estimate of drug-likeness (QED) is 0.514. The van der Waals surface area contributed by atoms with Crippen LogP contribution in [0.2, 0.25) is 0 Å². The van der Waals surface area contributed by atoms with E-state index in [4.69, 9.17) is 4.52 Å². The molecule has 0 atom stereocenters. The summed E-state index contributed by atoms with van der Waals surface area (Å²) in [5.41, 5.74) is 0.931. The molecule has 0 unspecified atom stereocenters. The highest BCUT2D eigenvalue weighted by Gasteiger charge is 2.12. The summed E-state index contributed by atoms with van der Waals surface area (Å²) < 4.78 is 6.27. The summed E-state index contributed by atoms with van der Waals surface area (Å²) in [7, 11) is 0. The molecular weight excluding hydrogens is 360 g/mol. The van der Waals surface area contributed by atoms with Gasteiger partial charge in [0.25, 0.3) is 0 Å². The monoisotopic (exact) mass is 380 g/mol. The molecule has 1 amide bonds. The van der Waals surface area contributed by atoms with E-state index in [-0.39, 0.29) is 11.8 Å². The predicted octanol–water partition coefficient (Wildman–Crippen LogP) is 4.92. The third-order valence-corrected chi connectivity index (χ3v) is 5.26. The summed E-state index contributed by atoms with van der Waals surface area (Å²) >= 11 is 1.49. The minimum atomic E-state index is -0.0537. The Morgan fingerprint density at radius 2 is 2.04 bits per heavy atom. The van der Waals surface area contributed by atoms with Gasteiger partial charge in [0.1, 0.15) is 0 Å². The normalized spacial score (nSPS) is 11.5. The molecule has 4 rings (SSSR count). The molecule has 27 heavy (non-hydrogen) atoms. The van der Waals surface area contributed by atoms with Crippen molar-refractivity contribution in [2.75, 3.05) is 5.32 Å². The molecule has 0 aliphatic carbocycles. The Labute approximate surface area is 160 Å². The molecule has 0 radical (unpaired) electrons. The van der Waals surface area contributed by atoms with Crippen molar-refractivity contribution in [1.82, 2.24) is 15.1 Å². The van der Waals surface area contributed by atoms with Crippen LogP contribution in [0.15, 0.2) is 40.9 Å². The number of hydrogen-bond acceptors (Lipinski definition) is 6. The number of carbonyl (C=O) groups excluding carboxylic acids is 1. The van der Waals surface area contributed by atoms with E-state index in [0.717, 1.165) is 21.0 Å². The first-order valence-electron chi connectivity index (χ1n) is 9.01. The van der Waals surface area contributed by atoms with Crippen molar-refractivity contribution in [1.29, 1.82) is 0 Å². The van der Waals surface area contributed by atoms with E-state index in [1.807, 2.05) is 32.0 Å². The molecule has 4 aromatic rings. The molecule has 2 aromatic heterocycles. The molecule has 0 spiro atoms. The summed E-state index contributed by atoms with van der Waals surface area (Å²) in [6.45, 7) is 4.03. The second-order valence-electron chi connectivity index (χ2n) is 6.76. The molecule has 2 aromatic carbocycles. The van der Waals surface area contributed by atoms with Crippen LogP contribution in [0, 0.1) is 0 Å². The first-order valence-corrected chi connectivity index (χ1v) is 9.82. The van der Waals surface area contributed by atoms with E-state index in [0.29, 0.717) is 36.1 Å². The van der Waals surface area contributed by atoms with Gasteiger partial charge >= 0.3 is 0 Å². The van der Waals surface area contributed by atoms with Crippen molar-refractivity contribution in [2.45, 2.75) is 39.0 Å². The zero-order valence-corrected chi connectivity index (χ0v) is 16.0. The number of aromatic nitrogens is 3. The summed E-state index contributed by atoms with van der Waals surface area (Å²) in [5, 5.41) is 9.72.